The summed E-state index contributed by atoms with van der Waals surface area (Å²) in [6.45, 7) is 3.80. The maximum absolute atomic E-state index is 9.11. The van der Waals surface area contributed by atoms with Gasteiger partial charge in [0.1, 0.15) is 27.8 Å². The molecule has 2 rings (SSSR count). The molecule has 3 nitrogen and oxygen atoms in total. The van der Waals surface area contributed by atoms with Crippen molar-refractivity contribution in [2.24, 2.45) is 0 Å². The molecule has 0 atom stereocenters. The third-order valence-electron chi connectivity index (χ3n) is 2.71. The number of benzene rings is 1. The van der Waals surface area contributed by atoms with Crippen LogP contribution in [0.5, 0.6) is 11.5 Å². The highest BCUT2D eigenvalue weighted by Crippen LogP contribution is 2.31. The van der Waals surface area contributed by atoms with E-state index in [1.54, 1.807) is 12.3 Å². The normalized spacial score (nSPS) is 10.0. The quantitative estimate of drug-likeness (QED) is 0.817. The summed E-state index contributed by atoms with van der Waals surface area (Å²) < 4.78 is 6.14. The molecule has 1 aromatic heterocycles. The molecule has 0 aliphatic carbocycles. The molecule has 96 valence electrons. The van der Waals surface area contributed by atoms with Crippen molar-refractivity contribution in [1.82, 2.24) is 4.98 Å². The first-order valence-electron chi connectivity index (χ1n) is 5.59. The first-order chi connectivity index (χ1) is 9.02. The predicted octanol–water partition coefficient (Wildman–Crippen LogP) is 4.68. The van der Waals surface area contributed by atoms with Gasteiger partial charge in [0.15, 0.2) is 0 Å². The minimum atomic E-state index is 0.324. The number of hydrogen-bond acceptors (Lipinski definition) is 3. The average molecular weight is 291 g/mol. The van der Waals surface area contributed by atoms with Crippen LogP contribution in [0.3, 0.4) is 0 Å². The molecule has 5 heteroatoms. The van der Waals surface area contributed by atoms with Gasteiger partial charge < -0.3 is 9.72 Å². The molecular weight excluding hydrogens is 280 g/mol. The Balaban J connectivity index is 2.48. The molecular formula is C14H11ClN2OS. The van der Waals surface area contributed by atoms with Crippen LogP contribution < -0.4 is 4.74 Å². The van der Waals surface area contributed by atoms with Crippen molar-refractivity contribution < 1.29 is 4.74 Å². The van der Waals surface area contributed by atoms with Crippen LogP contribution in [0.4, 0.5) is 0 Å². The number of rotatable bonds is 2. The van der Waals surface area contributed by atoms with Crippen molar-refractivity contribution in [3.8, 4) is 17.6 Å². The van der Waals surface area contributed by atoms with E-state index in [9.17, 15) is 0 Å². The van der Waals surface area contributed by atoms with Gasteiger partial charge in [0.25, 0.3) is 0 Å². The second-order valence-electron chi connectivity index (χ2n) is 4.13. The minimum Gasteiger partial charge on any atom is -0.456 e. The first kappa shape index (κ1) is 13.6. The van der Waals surface area contributed by atoms with E-state index in [2.05, 4.69) is 4.98 Å². The lowest BCUT2D eigenvalue weighted by Gasteiger charge is -2.11. The number of aromatic nitrogens is 1. The molecule has 1 aromatic carbocycles. The van der Waals surface area contributed by atoms with Gasteiger partial charge in [-0.25, -0.2) is 0 Å². The fourth-order valence-electron chi connectivity index (χ4n) is 1.63. The predicted molar refractivity (Wildman–Crippen MR) is 77.3 cm³/mol. The molecule has 1 N–H and O–H groups in total. The highest BCUT2D eigenvalue weighted by atomic mass is 35.5. The van der Waals surface area contributed by atoms with E-state index >= 15 is 0 Å². The van der Waals surface area contributed by atoms with Crippen molar-refractivity contribution in [2.75, 3.05) is 0 Å². The Labute approximate surface area is 121 Å². The number of nitrogens with one attached hydrogen (secondary N) is 1. The number of pyridine rings is 1. The molecule has 0 aliphatic rings. The number of hydrogen-bond donors (Lipinski definition) is 1. The Hall–Kier alpha value is -1.83. The number of H-pyrrole nitrogens is 1. The molecule has 0 amide bonds. The van der Waals surface area contributed by atoms with E-state index in [-0.39, 0.29) is 0 Å². The summed E-state index contributed by atoms with van der Waals surface area (Å²) in [7, 11) is 0. The smallest absolute Gasteiger partial charge is 0.149 e. The zero-order valence-electron chi connectivity index (χ0n) is 10.5. The molecule has 1 heterocycles. The minimum absolute atomic E-state index is 0.324. The molecule has 0 fully saturated rings. The SMILES string of the molecule is Cc1cc(Oc2cc[nH]c(=S)c2C#N)c(C)cc1Cl. The van der Waals surface area contributed by atoms with Gasteiger partial charge in [-0.2, -0.15) is 5.26 Å². The number of aromatic amines is 1. The molecule has 19 heavy (non-hydrogen) atoms. The van der Waals surface area contributed by atoms with Crippen LogP contribution in [0.1, 0.15) is 16.7 Å². The molecule has 0 saturated heterocycles. The monoisotopic (exact) mass is 290 g/mol. The maximum atomic E-state index is 9.11. The van der Waals surface area contributed by atoms with Crippen LogP contribution in [0.2, 0.25) is 5.02 Å². The molecule has 0 spiro atoms. The van der Waals surface area contributed by atoms with Gasteiger partial charge in [0.2, 0.25) is 0 Å². The van der Waals surface area contributed by atoms with Gasteiger partial charge >= 0.3 is 0 Å². The largest absolute Gasteiger partial charge is 0.456 e. The van der Waals surface area contributed by atoms with E-state index in [0.717, 1.165) is 11.1 Å². The van der Waals surface area contributed by atoms with Crippen LogP contribution in [0, 0.1) is 29.8 Å². The summed E-state index contributed by atoms with van der Waals surface area (Å²) >= 11 is 11.1. The first-order valence-corrected chi connectivity index (χ1v) is 6.38. The Morgan fingerprint density at radius 2 is 2.00 bits per heavy atom. The van der Waals surface area contributed by atoms with Crippen molar-refractivity contribution in [1.29, 1.82) is 5.26 Å². The second-order valence-corrected chi connectivity index (χ2v) is 4.94. The van der Waals surface area contributed by atoms with E-state index in [4.69, 9.17) is 33.8 Å². The summed E-state index contributed by atoms with van der Waals surface area (Å²) in [6.07, 6.45) is 1.65. The molecule has 0 aliphatic heterocycles. The third-order valence-corrected chi connectivity index (χ3v) is 3.44. The molecule has 0 bridgehead atoms. The molecule has 0 radical (unpaired) electrons. The highest BCUT2D eigenvalue weighted by Gasteiger charge is 2.09. The number of halogens is 1. The fraction of sp³-hybridized carbons (Fsp3) is 0.143. The third kappa shape index (κ3) is 2.78. The average Bonchev–Trinajstić information content (AvgIpc) is 2.36. The van der Waals surface area contributed by atoms with E-state index in [0.29, 0.717) is 26.7 Å². The molecule has 0 unspecified atom stereocenters. The van der Waals surface area contributed by atoms with Crippen molar-refractivity contribution in [2.45, 2.75) is 13.8 Å². The standard InChI is InChI=1S/C14H11ClN2OS/c1-8-6-13(9(2)5-11(8)15)18-12-3-4-17-14(19)10(12)7-16/h3-6H,1-2H3,(H,17,19). The summed E-state index contributed by atoms with van der Waals surface area (Å²) in [5, 5.41) is 9.80. The van der Waals surface area contributed by atoms with Gasteiger partial charge in [-0.1, -0.05) is 23.8 Å². The number of nitrogens with zero attached hydrogens (tertiary/aromatic N) is 1. The highest BCUT2D eigenvalue weighted by molar-refractivity contribution is 7.71. The topological polar surface area (TPSA) is 48.8 Å². The van der Waals surface area contributed by atoms with E-state index in [1.807, 2.05) is 32.0 Å². The Morgan fingerprint density at radius 3 is 2.68 bits per heavy atom. The second kappa shape index (κ2) is 5.43. The number of nitriles is 1. The van der Waals surface area contributed by atoms with Gasteiger partial charge in [-0.05, 0) is 43.2 Å². The summed E-state index contributed by atoms with van der Waals surface area (Å²) in [6, 6.07) is 7.40. The Morgan fingerprint density at radius 1 is 1.26 bits per heavy atom. The van der Waals surface area contributed by atoms with Gasteiger partial charge in [0, 0.05) is 11.2 Å². The summed E-state index contributed by atoms with van der Waals surface area (Å²) in [5.74, 6) is 1.11. The summed E-state index contributed by atoms with van der Waals surface area (Å²) in [5.41, 5.74) is 2.14. The fourth-order valence-corrected chi connectivity index (χ4v) is 2.07. The molecule has 0 saturated carbocycles. The zero-order chi connectivity index (χ0) is 14.0. The van der Waals surface area contributed by atoms with E-state index in [1.165, 1.54) is 0 Å². The Kier molecular flexibility index (Phi) is 3.89. The summed E-state index contributed by atoms with van der Waals surface area (Å²) in [4.78, 5) is 2.80. The Bertz CT molecular complexity index is 731. The van der Waals surface area contributed by atoms with Crippen LogP contribution in [0.15, 0.2) is 24.4 Å². The lowest BCUT2D eigenvalue weighted by Crippen LogP contribution is -1.93. The van der Waals surface area contributed by atoms with Crippen LogP contribution in [-0.4, -0.2) is 4.98 Å². The van der Waals surface area contributed by atoms with Crippen molar-refractivity contribution in [3.63, 3.8) is 0 Å². The van der Waals surface area contributed by atoms with Gasteiger partial charge in [-0.15, -0.1) is 0 Å². The van der Waals surface area contributed by atoms with Gasteiger partial charge in [0.05, 0.1) is 0 Å². The van der Waals surface area contributed by atoms with Crippen molar-refractivity contribution in [3.05, 3.63) is 50.7 Å². The van der Waals surface area contributed by atoms with Gasteiger partial charge in [-0.3, -0.25) is 0 Å². The van der Waals surface area contributed by atoms with Crippen LogP contribution in [-0.2, 0) is 0 Å². The van der Waals surface area contributed by atoms with E-state index < -0.39 is 0 Å². The van der Waals surface area contributed by atoms with Crippen LogP contribution in [0.25, 0.3) is 0 Å². The number of ether oxygens (including phenoxy) is 1. The zero-order valence-corrected chi connectivity index (χ0v) is 12.0. The lowest BCUT2D eigenvalue weighted by atomic mass is 10.1. The number of aryl methyl sites for hydroxylation is 2. The maximum Gasteiger partial charge on any atom is 0.149 e. The molecule has 2 aromatic rings. The van der Waals surface area contributed by atoms with Crippen LogP contribution >= 0.6 is 23.8 Å². The van der Waals surface area contributed by atoms with Crippen molar-refractivity contribution >= 4 is 23.8 Å². The lowest BCUT2D eigenvalue weighted by molar-refractivity contribution is 0.476.